The number of nitrogens with zero attached hydrogens (tertiary/aromatic N) is 1. The number of ether oxygens (including phenoxy) is 2. The molecule has 0 saturated heterocycles. The summed E-state index contributed by atoms with van der Waals surface area (Å²) in [5.74, 6) is 1.64. The molecule has 4 heteroatoms. The summed E-state index contributed by atoms with van der Waals surface area (Å²) in [5, 5.41) is 3.46. The highest BCUT2D eigenvalue weighted by Gasteiger charge is 2.28. The van der Waals surface area contributed by atoms with Crippen molar-refractivity contribution in [2.75, 3.05) is 33.4 Å². The first kappa shape index (κ1) is 16.1. The average Bonchev–Trinajstić information content (AvgIpc) is 3.32. The van der Waals surface area contributed by atoms with E-state index in [1.165, 1.54) is 12.8 Å². The molecule has 0 radical (unpaired) electrons. The molecule has 0 bridgehead atoms. The Bertz CT molecular complexity index is 421. The largest absolute Gasteiger partial charge is 0.490 e. The van der Waals surface area contributed by atoms with Gasteiger partial charge in [-0.05, 0) is 45.9 Å². The van der Waals surface area contributed by atoms with E-state index in [1.54, 1.807) is 0 Å². The second-order valence-electron chi connectivity index (χ2n) is 5.68. The Morgan fingerprint density at radius 3 is 2.52 bits per heavy atom. The van der Waals surface area contributed by atoms with Crippen molar-refractivity contribution in [3.05, 3.63) is 24.3 Å². The molecule has 1 fully saturated rings. The molecule has 1 N–H and O–H groups in total. The predicted molar refractivity (Wildman–Crippen MR) is 86.2 cm³/mol. The van der Waals surface area contributed by atoms with Gasteiger partial charge in [-0.15, -0.1) is 0 Å². The molecule has 1 saturated carbocycles. The lowest BCUT2D eigenvalue weighted by molar-refractivity contribution is 0.233. The molecule has 1 aliphatic carbocycles. The van der Waals surface area contributed by atoms with Crippen LogP contribution < -0.4 is 14.8 Å². The Morgan fingerprint density at radius 2 is 1.90 bits per heavy atom. The molecule has 4 nitrogen and oxygen atoms in total. The molecular formula is C17H28N2O2. The van der Waals surface area contributed by atoms with Gasteiger partial charge in [0.2, 0.25) is 0 Å². The second kappa shape index (κ2) is 8.25. The predicted octanol–water partition coefficient (Wildman–Crippen LogP) is 2.54. The van der Waals surface area contributed by atoms with Gasteiger partial charge in [-0.25, -0.2) is 0 Å². The number of likely N-dealkylation sites (N-methyl/N-ethyl adjacent to an activating group) is 1. The third-order valence-corrected chi connectivity index (χ3v) is 3.94. The number of nitrogens with one attached hydrogen (secondary N) is 1. The summed E-state index contributed by atoms with van der Waals surface area (Å²) in [5.41, 5.74) is 0. The number of rotatable bonds is 10. The van der Waals surface area contributed by atoms with E-state index in [0.29, 0.717) is 19.3 Å². The second-order valence-corrected chi connectivity index (χ2v) is 5.68. The van der Waals surface area contributed by atoms with Gasteiger partial charge in [-0.3, -0.25) is 4.90 Å². The van der Waals surface area contributed by atoms with Gasteiger partial charge < -0.3 is 14.8 Å². The lowest BCUT2D eigenvalue weighted by Gasteiger charge is -2.24. The molecule has 1 unspecified atom stereocenters. The summed E-state index contributed by atoms with van der Waals surface area (Å²) in [6.07, 6.45) is 2.72. The highest BCUT2D eigenvalue weighted by Crippen LogP contribution is 2.27. The Labute approximate surface area is 128 Å². The lowest BCUT2D eigenvalue weighted by atomic mass is 10.3. The third-order valence-electron chi connectivity index (χ3n) is 3.94. The van der Waals surface area contributed by atoms with Crippen LogP contribution in [0.15, 0.2) is 24.3 Å². The Balaban J connectivity index is 1.63. The van der Waals surface area contributed by atoms with Crippen LogP contribution in [-0.4, -0.2) is 50.3 Å². The van der Waals surface area contributed by atoms with Crippen molar-refractivity contribution in [1.82, 2.24) is 10.2 Å². The molecule has 21 heavy (non-hydrogen) atoms. The zero-order valence-electron chi connectivity index (χ0n) is 13.5. The number of para-hydroxylation sites is 2. The van der Waals surface area contributed by atoms with Gasteiger partial charge in [0, 0.05) is 25.2 Å². The normalized spacial score (nSPS) is 16.0. The first-order valence-electron chi connectivity index (χ1n) is 7.99. The van der Waals surface area contributed by atoms with Crippen LogP contribution in [0.5, 0.6) is 11.5 Å². The standard InChI is InChI=1S/C17H28N2O2/c1-4-20-16-7-5-6-8-17(16)21-12-11-18-13-14(2)19(3)15-9-10-15/h5-8,14-15,18H,4,9-13H2,1-3H3. The van der Waals surface area contributed by atoms with E-state index < -0.39 is 0 Å². The molecule has 0 aromatic heterocycles. The van der Waals surface area contributed by atoms with Crippen LogP contribution in [0.4, 0.5) is 0 Å². The summed E-state index contributed by atoms with van der Waals surface area (Å²) in [6, 6.07) is 9.22. The fourth-order valence-corrected chi connectivity index (χ4v) is 2.37. The van der Waals surface area contributed by atoms with Crippen molar-refractivity contribution >= 4 is 0 Å². The van der Waals surface area contributed by atoms with Gasteiger partial charge in [-0.1, -0.05) is 12.1 Å². The van der Waals surface area contributed by atoms with Gasteiger partial charge >= 0.3 is 0 Å². The molecule has 2 rings (SSSR count). The fraction of sp³-hybridized carbons (Fsp3) is 0.647. The number of hydrogen-bond acceptors (Lipinski definition) is 4. The van der Waals surface area contributed by atoms with Crippen LogP contribution >= 0.6 is 0 Å². The van der Waals surface area contributed by atoms with Crippen molar-refractivity contribution in [2.45, 2.75) is 38.8 Å². The first-order valence-corrected chi connectivity index (χ1v) is 7.99. The molecule has 0 heterocycles. The molecule has 1 aromatic carbocycles. The first-order chi connectivity index (χ1) is 10.2. The molecule has 1 aliphatic rings. The molecule has 118 valence electrons. The van der Waals surface area contributed by atoms with E-state index in [-0.39, 0.29) is 0 Å². The Kier molecular flexibility index (Phi) is 6.33. The van der Waals surface area contributed by atoms with Crippen molar-refractivity contribution in [3.63, 3.8) is 0 Å². The maximum Gasteiger partial charge on any atom is 0.161 e. The molecule has 0 spiro atoms. The quantitative estimate of drug-likeness (QED) is 0.672. The third kappa shape index (κ3) is 5.21. The fourth-order valence-electron chi connectivity index (χ4n) is 2.37. The van der Waals surface area contributed by atoms with Gasteiger partial charge in [0.1, 0.15) is 6.61 Å². The molecule has 0 aliphatic heterocycles. The maximum atomic E-state index is 5.79. The molecule has 1 aromatic rings. The van der Waals surface area contributed by atoms with Crippen molar-refractivity contribution < 1.29 is 9.47 Å². The van der Waals surface area contributed by atoms with Gasteiger partial charge in [0.15, 0.2) is 11.5 Å². The van der Waals surface area contributed by atoms with E-state index >= 15 is 0 Å². The smallest absolute Gasteiger partial charge is 0.161 e. The molecular weight excluding hydrogens is 264 g/mol. The van der Waals surface area contributed by atoms with Gasteiger partial charge in [0.25, 0.3) is 0 Å². The summed E-state index contributed by atoms with van der Waals surface area (Å²) in [6.45, 7) is 7.42. The highest BCUT2D eigenvalue weighted by molar-refractivity contribution is 5.39. The van der Waals surface area contributed by atoms with Crippen LogP contribution in [0, 0.1) is 0 Å². The van der Waals surface area contributed by atoms with Gasteiger partial charge in [-0.2, -0.15) is 0 Å². The van der Waals surface area contributed by atoms with E-state index in [4.69, 9.17) is 9.47 Å². The van der Waals surface area contributed by atoms with E-state index in [9.17, 15) is 0 Å². The van der Waals surface area contributed by atoms with Crippen molar-refractivity contribution in [2.24, 2.45) is 0 Å². The van der Waals surface area contributed by atoms with Crippen LogP contribution in [0.25, 0.3) is 0 Å². The van der Waals surface area contributed by atoms with E-state index in [1.807, 2.05) is 31.2 Å². The lowest BCUT2D eigenvalue weighted by Crippen LogP contribution is -2.40. The van der Waals surface area contributed by atoms with Crippen molar-refractivity contribution in [1.29, 1.82) is 0 Å². The highest BCUT2D eigenvalue weighted by atomic mass is 16.5. The van der Waals surface area contributed by atoms with Crippen LogP contribution in [0.1, 0.15) is 26.7 Å². The topological polar surface area (TPSA) is 33.7 Å². The minimum Gasteiger partial charge on any atom is -0.490 e. The van der Waals surface area contributed by atoms with Gasteiger partial charge in [0.05, 0.1) is 6.61 Å². The molecule has 1 atom stereocenters. The summed E-state index contributed by atoms with van der Waals surface area (Å²) in [4.78, 5) is 2.47. The number of benzene rings is 1. The summed E-state index contributed by atoms with van der Waals surface area (Å²) >= 11 is 0. The van der Waals surface area contributed by atoms with E-state index in [0.717, 1.165) is 30.6 Å². The maximum absolute atomic E-state index is 5.79. The number of hydrogen-bond donors (Lipinski definition) is 1. The zero-order chi connectivity index (χ0) is 15.1. The minimum atomic E-state index is 0.577. The van der Waals surface area contributed by atoms with E-state index in [2.05, 4.69) is 24.2 Å². The van der Waals surface area contributed by atoms with Crippen LogP contribution in [0.2, 0.25) is 0 Å². The van der Waals surface area contributed by atoms with Crippen LogP contribution in [0.3, 0.4) is 0 Å². The van der Waals surface area contributed by atoms with Crippen LogP contribution in [-0.2, 0) is 0 Å². The minimum absolute atomic E-state index is 0.577. The summed E-state index contributed by atoms with van der Waals surface area (Å²) in [7, 11) is 2.22. The average molecular weight is 292 g/mol. The Morgan fingerprint density at radius 1 is 1.24 bits per heavy atom. The summed E-state index contributed by atoms with van der Waals surface area (Å²) < 4.78 is 11.3. The monoisotopic (exact) mass is 292 g/mol. The SMILES string of the molecule is CCOc1ccccc1OCCNCC(C)N(C)C1CC1. The zero-order valence-corrected chi connectivity index (χ0v) is 13.5. The Hall–Kier alpha value is -1.26. The molecule has 0 amide bonds. The van der Waals surface area contributed by atoms with Crippen molar-refractivity contribution in [3.8, 4) is 11.5 Å².